The highest BCUT2D eigenvalue weighted by molar-refractivity contribution is 5.73. The maximum atomic E-state index is 10.7. The lowest BCUT2D eigenvalue weighted by molar-refractivity contribution is -0.139. The number of benzene rings is 1. The molecule has 18 heavy (non-hydrogen) atoms. The Morgan fingerprint density at radius 3 is 2.44 bits per heavy atom. The Morgan fingerprint density at radius 2 is 1.83 bits per heavy atom. The number of carboxylic acid groups (broad SMARTS) is 2. The molecular weight excluding hydrogens is 244 g/mol. The third kappa shape index (κ3) is 2.62. The molecule has 2 rings (SSSR count). The van der Waals surface area contributed by atoms with Crippen molar-refractivity contribution in [2.45, 2.75) is 6.42 Å². The minimum atomic E-state index is -1.14. The molecule has 0 aliphatic carbocycles. The molecule has 0 saturated carbocycles. The van der Waals surface area contributed by atoms with Gasteiger partial charge in [0.1, 0.15) is 5.75 Å². The number of ether oxygens (including phenoxy) is 3. The molecule has 1 aliphatic rings. The summed E-state index contributed by atoms with van der Waals surface area (Å²) in [7, 11) is 0. The molecule has 1 aromatic rings. The minimum Gasteiger partial charge on any atom is -0.481 e. The molecule has 0 spiro atoms. The van der Waals surface area contributed by atoms with Crippen LogP contribution in [0, 0.1) is 0 Å². The molecule has 0 saturated heterocycles. The van der Waals surface area contributed by atoms with Crippen molar-refractivity contribution in [1.29, 1.82) is 0 Å². The predicted octanol–water partition coefficient (Wildman–Crippen LogP) is 0.506. The lowest BCUT2D eigenvalue weighted by Crippen LogP contribution is -2.11. The van der Waals surface area contributed by atoms with Crippen LogP contribution in [0.4, 0.5) is 0 Å². The van der Waals surface area contributed by atoms with Crippen LogP contribution in [0.3, 0.4) is 0 Å². The number of carboxylic acids is 2. The van der Waals surface area contributed by atoms with Crippen molar-refractivity contribution in [3.63, 3.8) is 0 Å². The lowest BCUT2D eigenvalue weighted by atomic mass is 10.1. The molecule has 1 aliphatic heterocycles. The van der Waals surface area contributed by atoms with Crippen LogP contribution in [-0.2, 0) is 16.0 Å². The van der Waals surface area contributed by atoms with E-state index in [2.05, 4.69) is 0 Å². The Bertz CT molecular complexity index is 494. The number of carbonyl (C=O) groups is 2. The monoisotopic (exact) mass is 254 g/mol. The van der Waals surface area contributed by atoms with Crippen LogP contribution in [0.2, 0.25) is 0 Å². The molecule has 0 aromatic heterocycles. The number of hydrogen-bond donors (Lipinski definition) is 2. The van der Waals surface area contributed by atoms with E-state index in [9.17, 15) is 9.59 Å². The van der Waals surface area contributed by atoms with E-state index in [1.165, 1.54) is 12.1 Å². The maximum absolute atomic E-state index is 10.7. The van der Waals surface area contributed by atoms with Crippen molar-refractivity contribution in [2.75, 3.05) is 13.4 Å². The second-order valence-electron chi connectivity index (χ2n) is 3.57. The van der Waals surface area contributed by atoms with Gasteiger partial charge in [-0.1, -0.05) is 0 Å². The van der Waals surface area contributed by atoms with E-state index in [-0.39, 0.29) is 19.0 Å². The van der Waals surface area contributed by atoms with Crippen LogP contribution in [0.1, 0.15) is 5.56 Å². The Labute approximate surface area is 102 Å². The molecule has 2 N–H and O–H groups in total. The highest BCUT2D eigenvalue weighted by atomic mass is 16.7. The molecule has 1 aromatic carbocycles. The van der Waals surface area contributed by atoms with Gasteiger partial charge in [0.15, 0.2) is 18.1 Å². The minimum absolute atomic E-state index is 0.0459. The third-order valence-corrected chi connectivity index (χ3v) is 2.25. The topological polar surface area (TPSA) is 102 Å². The molecule has 0 unspecified atom stereocenters. The molecule has 0 fully saturated rings. The zero-order chi connectivity index (χ0) is 13.1. The van der Waals surface area contributed by atoms with Crippen molar-refractivity contribution in [1.82, 2.24) is 0 Å². The second-order valence-corrected chi connectivity index (χ2v) is 3.57. The number of aliphatic carboxylic acids is 2. The summed E-state index contributed by atoms with van der Waals surface area (Å²) in [5.41, 5.74) is 0.341. The fourth-order valence-corrected chi connectivity index (χ4v) is 1.54. The van der Waals surface area contributed by atoms with E-state index in [4.69, 9.17) is 24.4 Å². The van der Waals surface area contributed by atoms with Gasteiger partial charge < -0.3 is 24.4 Å². The van der Waals surface area contributed by atoms with Gasteiger partial charge in [-0.25, -0.2) is 4.79 Å². The van der Waals surface area contributed by atoms with Gasteiger partial charge in [-0.3, -0.25) is 4.79 Å². The fourth-order valence-electron chi connectivity index (χ4n) is 1.54. The summed E-state index contributed by atoms with van der Waals surface area (Å²) in [5.74, 6) is -1.19. The summed E-state index contributed by atoms with van der Waals surface area (Å²) in [4.78, 5) is 21.2. The number of hydrogen-bond acceptors (Lipinski definition) is 5. The van der Waals surface area contributed by atoms with Crippen molar-refractivity contribution in [2.24, 2.45) is 0 Å². The number of rotatable bonds is 5. The summed E-state index contributed by atoms with van der Waals surface area (Å²) in [5, 5.41) is 17.3. The van der Waals surface area contributed by atoms with Crippen molar-refractivity contribution in [3.05, 3.63) is 17.7 Å². The highest BCUT2D eigenvalue weighted by Gasteiger charge is 2.19. The van der Waals surface area contributed by atoms with Gasteiger partial charge in [0.25, 0.3) is 0 Å². The standard InChI is InChI=1S/C11H10O7/c12-10(13)2-6-1-8-9(18-5-17-8)3-7(6)16-4-11(14)15/h1,3H,2,4-5H2,(H,12,13)(H,14,15). The van der Waals surface area contributed by atoms with Gasteiger partial charge in [-0.15, -0.1) is 0 Å². The average Bonchev–Trinajstić information content (AvgIpc) is 2.71. The van der Waals surface area contributed by atoms with Crippen LogP contribution >= 0.6 is 0 Å². The summed E-state index contributed by atoms with van der Waals surface area (Å²) in [6, 6.07) is 2.91. The molecule has 0 atom stereocenters. The largest absolute Gasteiger partial charge is 0.481 e. The van der Waals surface area contributed by atoms with Gasteiger partial charge >= 0.3 is 11.9 Å². The molecular formula is C11H10O7. The van der Waals surface area contributed by atoms with Crippen LogP contribution in [0.25, 0.3) is 0 Å². The Hall–Kier alpha value is -2.44. The quantitative estimate of drug-likeness (QED) is 0.788. The fraction of sp³-hybridized carbons (Fsp3) is 0.273. The zero-order valence-corrected chi connectivity index (χ0v) is 9.21. The first-order chi connectivity index (χ1) is 8.56. The molecule has 0 radical (unpaired) electrons. The van der Waals surface area contributed by atoms with Crippen LogP contribution in [0.15, 0.2) is 12.1 Å². The van der Waals surface area contributed by atoms with Crippen LogP contribution < -0.4 is 14.2 Å². The predicted molar refractivity (Wildman–Crippen MR) is 57.0 cm³/mol. The van der Waals surface area contributed by atoms with Gasteiger partial charge in [-0.2, -0.15) is 0 Å². The molecule has 96 valence electrons. The highest BCUT2D eigenvalue weighted by Crippen LogP contribution is 2.38. The molecule has 7 heteroatoms. The Morgan fingerprint density at radius 1 is 1.17 bits per heavy atom. The lowest BCUT2D eigenvalue weighted by Gasteiger charge is -2.09. The van der Waals surface area contributed by atoms with E-state index in [0.29, 0.717) is 17.1 Å². The van der Waals surface area contributed by atoms with Gasteiger partial charge in [0.05, 0.1) is 6.42 Å². The third-order valence-electron chi connectivity index (χ3n) is 2.25. The first-order valence-electron chi connectivity index (χ1n) is 5.05. The summed E-state index contributed by atoms with van der Waals surface area (Å²) in [6.07, 6.45) is -0.286. The second kappa shape index (κ2) is 4.82. The first-order valence-corrected chi connectivity index (χ1v) is 5.05. The summed E-state index contributed by atoms with van der Waals surface area (Å²) in [6.45, 7) is -0.503. The SMILES string of the molecule is O=C(O)COc1cc2c(cc1CC(=O)O)OCO2. The smallest absolute Gasteiger partial charge is 0.341 e. The summed E-state index contributed by atoms with van der Waals surface area (Å²) < 4.78 is 15.2. The average molecular weight is 254 g/mol. The van der Waals surface area contributed by atoms with Gasteiger partial charge in [-0.05, 0) is 6.07 Å². The Balaban J connectivity index is 2.28. The van der Waals surface area contributed by atoms with Gasteiger partial charge in [0.2, 0.25) is 6.79 Å². The van der Waals surface area contributed by atoms with E-state index in [0.717, 1.165) is 0 Å². The molecule has 0 bridgehead atoms. The maximum Gasteiger partial charge on any atom is 0.341 e. The summed E-state index contributed by atoms with van der Waals surface area (Å²) >= 11 is 0. The van der Waals surface area contributed by atoms with Gasteiger partial charge in [0, 0.05) is 11.6 Å². The number of fused-ring (bicyclic) bond motifs is 1. The molecule has 0 amide bonds. The van der Waals surface area contributed by atoms with Crippen LogP contribution in [-0.4, -0.2) is 35.6 Å². The normalized spacial score (nSPS) is 12.2. The van der Waals surface area contributed by atoms with E-state index in [1.807, 2.05) is 0 Å². The zero-order valence-electron chi connectivity index (χ0n) is 9.21. The van der Waals surface area contributed by atoms with Crippen molar-refractivity contribution in [3.8, 4) is 17.2 Å². The van der Waals surface area contributed by atoms with Crippen LogP contribution in [0.5, 0.6) is 17.2 Å². The molecule has 7 nitrogen and oxygen atoms in total. The Kier molecular flexibility index (Phi) is 3.22. The molecule has 1 heterocycles. The van der Waals surface area contributed by atoms with E-state index < -0.39 is 18.5 Å². The van der Waals surface area contributed by atoms with Crippen molar-refractivity contribution >= 4 is 11.9 Å². The van der Waals surface area contributed by atoms with Crippen molar-refractivity contribution < 1.29 is 34.0 Å². The van der Waals surface area contributed by atoms with E-state index >= 15 is 0 Å². The van der Waals surface area contributed by atoms with E-state index in [1.54, 1.807) is 0 Å². The first kappa shape index (κ1) is 12.0.